The van der Waals surface area contributed by atoms with Gasteiger partial charge in [-0.05, 0) is 62.6 Å². The first-order chi connectivity index (χ1) is 7.11. The van der Waals surface area contributed by atoms with E-state index in [4.69, 9.17) is 0 Å². The lowest BCUT2D eigenvalue weighted by molar-refractivity contribution is 0.0996. The van der Waals surface area contributed by atoms with E-state index >= 15 is 0 Å². The van der Waals surface area contributed by atoms with E-state index in [0.717, 1.165) is 5.41 Å². The van der Waals surface area contributed by atoms with Crippen molar-refractivity contribution in [3.63, 3.8) is 0 Å². The standard InChI is InChI=1S/C14H27N/c1-4-13(3)6-7-14(12-13)8-10-15(5-2)11-9-14/h4-12H2,1-3H3. The van der Waals surface area contributed by atoms with Gasteiger partial charge < -0.3 is 4.90 Å². The molecule has 0 radical (unpaired) electrons. The maximum Gasteiger partial charge on any atom is -0.00135 e. The second-order valence-corrected chi connectivity index (χ2v) is 6.28. The molecule has 0 aromatic rings. The van der Waals surface area contributed by atoms with Gasteiger partial charge in [0, 0.05) is 0 Å². The van der Waals surface area contributed by atoms with E-state index in [1.54, 1.807) is 0 Å². The van der Waals surface area contributed by atoms with Gasteiger partial charge in [-0.3, -0.25) is 0 Å². The number of piperidine rings is 1. The molecule has 15 heavy (non-hydrogen) atoms. The second-order valence-electron chi connectivity index (χ2n) is 6.28. The van der Waals surface area contributed by atoms with E-state index in [-0.39, 0.29) is 0 Å². The number of likely N-dealkylation sites (tertiary alicyclic amines) is 1. The van der Waals surface area contributed by atoms with Crippen LogP contribution in [0.3, 0.4) is 0 Å². The van der Waals surface area contributed by atoms with E-state index in [0.29, 0.717) is 5.41 Å². The van der Waals surface area contributed by atoms with Crippen LogP contribution in [0, 0.1) is 10.8 Å². The summed E-state index contributed by atoms with van der Waals surface area (Å²) in [6, 6.07) is 0. The van der Waals surface area contributed by atoms with Crippen molar-refractivity contribution in [2.24, 2.45) is 10.8 Å². The van der Waals surface area contributed by atoms with Crippen molar-refractivity contribution in [1.29, 1.82) is 0 Å². The first-order valence-corrected chi connectivity index (χ1v) is 6.84. The fraction of sp³-hybridized carbons (Fsp3) is 1.00. The molecule has 1 atom stereocenters. The Kier molecular flexibility index (Phi) is 3.12. The SMILES string of the molecule is CCN1CCC2(CC1)CCC(C)(CC)C2. The van der Waals surface area contributed by atoms with Gasteiger partial charge in [-0.1, -0.05) is 27.2 Å². The van der Waals surface area contributed by atoms with Crippen LogP contribution in [0.1, 0.15) is 59.3 Å². The number of nitrogens with zero attached hydrogens (tertiary/aromatic N) is 1. The van der Waals surface area contributed by atoms with Gasteiger partial charge in [-0.2, -0.15) is 0 Å². The molecule has 1 heterocycles. The lowest BCUT2D eigenvalue weighted by atomic mass is 9.73. The number of hydrogen-bond donors (Lipinski definition) is 0. The molecule has 0 bridgehead atoms. The molecule has 2 rings (SSSR count). The van der Waals surface area contributed by atoms with Gasteiger partial charge in [-0.15, -0.1) is 0 Å². The van der Waals surface area contributed by atoms with Crippen molar-refractivity contribution in [2.75, 3.05) is 19.6 Å². The highest BCUT2D eigenvalue weighted by molar-refractivity contribution is 4.97. The molecule has 1 aliphatic carbocycles. The van der Waals surface area contributed by atoms with E-state index < -0.39 is 0 Å². The smallest absolute Gasteiger partial charge is 0.00135 e. The average molecular weight is 209 g/mol. The van der Waals surface area contributed by atoms with Gasteiger partial charge in [0.05, 0.1) is 0 Å². The molecule has 1 unspecified atom stereocenters. The van der Waals surface area contributed by atoms with Gasteiger partial charge in [0.1, 0.15) is 0 Å². The Morgan fingerprint density at radius 3 is 2.13 bits per heavy atom. The van der Waals surface area contributed by atoms with Crippen LogP contribution in [0.15, 0.2) is 0 Å². The van der Waals surface area contributed by atoms with Crippen LogP contribution in [-0.4, -0.2) is 24.5 Å². The Hall–Kier alpha value is -0.0400. The molecule has 1 saturated heterocycles. The molecule has 88 valence electrons. The molecule has 1 spiro atoms. The largest absolute Gasteiger partial charge is 0.304 e. The monoisotopic (exact) mass is 209 g/mol. The normalized spacial score (nSPS) is 36.2. The maximum absolute atomic E-state index is 2.62. The van der Waals surface area contributed by atoms with E-state index in [1.165, 1.54) is 58.2 Å². The Labute approximate surface area is 95.2 Å². The van der Waals surface area contributed by atoms with Crippen LogP contribution in [0.5, 0.6) is 0 Å². The summed E-state index contributed by atoms with van der Waals surface area (Å²) >= 11 is 0. The first-order valence-electron chi connectivity index (χ1n) is 6.84. The molecule has 1 saturated carbocycles. The van der Waals surface area contributed by atoms with E-state index in [1.807, 2.05) is 0 Å². The summed E-state index contributed by atoms with van der Waals surface area (Å²) < 4.78 is 0. The summed E-state index contributed by atoms with van der Waals surface area (Å²) in [6.07, 6.45) is 8.82. The van der Waals surface area contributed by atoms with Crippen molar-refractivity contribution >= 4 is 0 Å². The zero-order valence-electron chi connectivity index (χ0n) is 10.8. The van der Waals surface area contributed by atoms with Crippen molar-refractivity contribution in [3.8, 4) is 0 Å². The summed E-state index contributed by atoms with van der Waals surface area (Å²) in [5, 5.41) is 0. The molecule has 0 N–H and O–H groups in total. The molecular weight excluding hydrogens is 182 g/mol. The third-order valence-electron chi connectivity index (χ3n) is 5.28. The van der Waals surface area contributed by atoms with Gasteiger partial charge in [0.25, 0.3) is 0 Å². The molecular formula is C14H27N. The van der Waals surface area contributed by atoms with Gasteiger partial charge in [-0.25, -0.2) is 0 Å². The van der Waals surface area contributed by atoms with Gasteiger partial charge >= 0.3 is 0 Å². The minimum Gasteiger partial charge on any atom is -0.304 e. The predicted octanol–water partition coefficient (Wildman–Crippen LogP) is 3.69. The molecule has 1 heteroatoms. The fourth-order valence-electron chi connectivity index (χ4n) is 3.72. The summed E-state index contributed by atoms with van der Waals surface area (Å²) in [5.41, 5.74) is 1.42. The Morgan fingerprint density at radius 1 is 1.00 bits per heavy atom. The topological polar surface area (TPSA) is 3.24 Å². The Bertz CT molecular complexity index is 215. The van der Waals surface area contributed by atoms with Crippen LogP contribution in [0.4, 0.5) is 0 Å². The third kappa shape index (κ3) is 2.22. The molecule has 1 aliphatic heterocycles. The quantitative estimate of drug-likeness (QED) is 0.670. The van der Waals surface area contributed by atoms with Gasteiger partial charge in [0.2, 0.25) is 0 Å². The average Bonchev–Trinajstić information content (AvgIpc) is 2.59. The van der Waals surface area contributed by atoms with Crippen molar-refractivity contribution in [1.82, 2.24) is 4.90 Å². The molecule has 2 fully saturated rings. The zero-order valence-corrected chi connectivity index (χ0v) is 10.8. The minimum absolute atomic E-state index is 0.675. The zero-order chi connectivity index (χ0) is 10.9. The van der Waals surface area contributed by atoms with Crippen LogP contribution < -0.4 is 0 Å². The summed E-state index contributed by atoms with van der Waals surface area (Å²) in [6.45, 7) is 11.1. The van der Waals surface area contributed by atoms with Crippen molar-refractivity contribution < 1.29 is 0 Å². The van der Waals surface area contributed by atoms with Crippen LogP contribution >= 0.6 is 0 Å². The van der Waals surface area contributed by atoms with Crippen LogP contribution in [-0.2, 0) is 0 Å². The number of hydrogen-bond acceptors (Lipinski definition) is 1. The fourth-order valence-corrected chi connectivity index (χ4v) is 3.72. The molecule has 2 aliphatic rings. The van der Waals surface area contributed by atoms with E-state index in [2.05, 4.69) is 25.7 Å². The molecule has 0 aromatic carbocycles. The van der Waals surface area contributed by atoms with Crippen LogP contribution in [0.25, 0.3) is 0 Å². The Morgan fingerprint density at radius 2 is 1.67 bits per heavy atom. The van der Waals surface area contributed by atoms with Crippen LogP contribution in [0.2, 0.25) is 0 Å². The summed E-state index contributed by atoms with van der Waals surface area (Å²) in [4.78, 5) is 2.62. The highest BCUT2D eigenvalue weighted by Gasteiger charge is 2.45. The highest BCUT2D eigenvalue weighted by Crippen LogP contribution is 2.55. The summed E-state index contributed by atoms with van der Waals surface area (Å²) in [7, 11) is 0. The van der Waals surface area contributed by atoms with Crippen molar-refractivity contribution in [2.45, 2.75) is 59.3 Å². The Balaban J connectivity index is 1.94. The first kappa shape index (κ1) is 11.4. The molecule has 0 aromatic heterocycles. The lowest BCUT2D eigenvalue weighted by Crippen LogP contribution is -2.39. The minimum atomic E-state index is 0.675. The van der Waals surface area contributed by atoms with Gasteiger partial charge in [0.15, 0.2) is 0 Å². The van der Waals surface area contributed by atoms with Crippen molar-refractivity contribution in [3.05, 3.63) is 0 Å². The second kappa shape index (κ2) is 4.08. The molecule has 1 nitrogen and oxygen atoms in total. The predicted molar refractivity (Wildman–Crippen MR) is 66.0 cm³/mol. The lowest BCUT2D eigenvalue weighted by Gasteiger charge is -2.40. The number of rotatable bonds is 2. The molecule has 0 amide bonds. The van der Waals surface area contributed by atoms with E-state index in [9.17, 15) is 0 Å². The maximum atomic E-state index is 2.62. The summed E-state index contributed by atoms with van der Waals surface area (Å²) in [5.74, 6) is 0. The highest BCUT2D eigenvalue weighted by atomic mass is 15.1. The third-order valence-corrected chi connectivity index (χ3v) is 5.28.